The SMILES string of the molecule is CC1(C)[C@@H]2CC[C@@]1(C)C/C2=N/Nc1nc(-c2ccc(Cl)cc2)cs1. The molecular weight excluding hydrogens is 338 g/mol. The van der Waals surface area contributed by atoms with Gasteiger partial charge in [0.2, 0.25) is 5.13 Å². The molecule has 2 fully saturated rings. The van der Waals surface area contributed by atoms with E-state index in [2.05, 4.69) is 36.6 Å². The van der Waals surface area contributed by atoms with Crippen molar-refractivity contribution in [3.8, 4) is 11.3 Å². The molecule has 2 aliphatic carbocycles. The highest BCUT2D eigenvalue weighted by molar-refractivity contribution is 7.14. The third-order valence-electron chi connectivity index (χ3n) is 6.32. The van der Waals surface area contributed by atoms with Gasteiger partial charge in [-0.25, -0.2) is 4.98 Å². The van der Waals surface area contributed by atoms with Crippen LogP contribution in [0.25, 0.3) is 11.3 Å². The number of rotatable bonds is 3. The number of hydrogen-bond acceptors (Lipinski definition) is 4. The van der Waals surface area contributed by atoms with E-state index in [0.717, 1.165) is 27.8 Å². The molecule has 0 saturated heterocycles. The molecule has 1 aromatic heterocycles. The predicted molar refractivity (Wildman–Crippen MR) is 103 cm³/mol. The van der Waals surface area contributed by atoms with Crippen LogP contribution >= 0.6 is 22.9 Å². The molecule has 0 amide bonds. The van der Waals surface area contributed by atoms with Crippen LogP contribution in [0.15, 0.2) is 34.7 Å². The monoisotopic (exact) mass is 359 g/mol. The number of benzene rings is 1. The maximum Gasteiger partial charge on any atom is 0.203 e. The lowest BCUT2D eigenvalue weighted by atomic mass is 9.71. The molecule has 1 aromatic carbocycles. The van der Waals surface area contributed by atoms with E-state index >= 15 is 0 Å². The molecule has 0 unspecified atom stereocenters. The van der Waals surface area contributed by atoms with Crippen LogP contribution in [0.2, 0.25) is 5.02 Å². The number of hydrazone groups is 1. The summed E-state index contributed by atoms with van der Waals surface area (Å²) in [5.74, 6) is 0.602. The van der Waals surface area contributed by atoms with Gasteiger partial charge < -0.3 is 0 Å². The molecule has 2 saturated carbocycles. The summed E-state index contributed by atoms with van der Waals surface area (Å²) in [4.78, 5) is 4.64. The second kappa shape index (κ2) is 5.57. The lowest BCUT2D eigenvalue weighted by molar-refractivity contribution is 0.152. The van der Waals surface area contributed by atoms with E-state index in [1.54, 1.807) is 11.3 Å². The summed E-state index contributed by atoms with van der Waals surface area (Å²) in [7, 11) is 0. The normalized spacial score (nSPS) is 29.3. The van der Waals surface area contributed by atoms with E-state index in [-0.39, 0.29) is 0 Å². The van der Waals surface area contributed by atoms with Gasteiger partial charge in [0.25, 0.3) is 0 Å². The Bertz CT molecular complexity index is 790. The molecule has 2 atom stereocenters. The van der Waals surface area contributed by atoms with Gasteiger partial charge in [0.05, 0.1) is 5.69 Å². The van der Waals surface area contributed by atoms with Crippen molar-refractivity contribution < 1.29 is 0 Å². The zero-order chi connectivity index (χ0) is 16.9. The maximum absolute atomic E-state index is 5.94. The first-order valence-electron chi connectivity index (χ1n) is 8.43. The van der Waals surface area contributed by atoms with E-state index in [9.17, 15) is 0 Å². The van der Waals surface area contributed by atoms with Gasteiger partial charge in [0.15, 0.2) is 0 Å². The molecule has 126 valence electrons. The molecule has 0 radical (unpaired) electrons. The first kappa shape index (κ1) is 16.1. The highest BCUT2D eigenvalue weighted by Crippen LogP contribution is 2.64. The van der Waals surface area contributed by atoms with Crippen molar-refractivity contribution in [2.45, 2.75) is 40.0 Å². The second-order valence-electron chi connectivity index (χ2n) is 7.81. The summed E-state index contributed by atoms with van der Waals surface area (Å²) in [6, 6.07) is 7.77. The van der Waals surface area contributed by atoms with Gasteiger partial charge in [0.1, 0.15) is 0 Å². The van der Waals surface area contributed by atoms with Gasteiger partial charge in [-0.15, -0.1) is 11.3 Å². The minimum absolute atomic E-state index is 0.352. The number of nitrogens with zero attached hydrogens (tertiary/aromatic N) is 2. The first-order chi connectivity index (χ1) is 11.4. The summed E-state index contributed by atoms with van der Waals surface area (Å²) in [5.41, 5.74) is 7.30. The maximum atomic E-state index is 5.94. The lowest BCUT2D eigenvalue weighted by Crippen LogP contribution is -2.26. The molecule has 5 heteroatoms. The first-order valence-corrected chi connectivity index (χ1v) is 9.69. The molecule has 2 bridgehead atoms. The molecule has 2 aliphatic rings. The Balaban J connectivity index is 1.51. The standard InChI is InChI=1S/C19H22ClN3S/c1-18(2)14-8-9-19(18,3)10-15(14)22-23-17-21-16(11-24-17)12-4-6-13(20)7-5-12/h4-7,11,14H,8-10H2,1-3H3,(H,21,23)/b22-15-/t14-,19+/m1/s1. The zero-order valence-corrected chi connectivity index (χ0v) is 15.8. The zero-order valence-electron chi connectivity index (χ0n) is 14.3. The van der Waals surface area contributed by atoms with Crippen LogP contribution in [0.1, 0.15) is 40.0 Å². The number of hydrogen-bond donors (Lipinski definition) is 1. The minimum atomic E-state index is 0.352. The molecule has 1 heterocycles. The summed E-state index contributed by atoms with van der Waals surface area (Å²) in [6.45, 7) is 7.21. The topological polar surface area (TPSA) is 37.3 Å². The molecule has 1 N–H and O–H groups in total. The number of aromatic nitrogens is 1. The van der Waals surface area contributed by atoms with Gasteiger partial charge in [0, 0.05) is 27.6 Å². The van der Waals surface area contributed by atoms with Crippen molar-refractivity contribution in [2.75, 3.05) is 5.43 Å². The number of halogens is 1. The van der Waals surface area contributed by atoms with Crippen molar-refractivity contribution in [3.05, 3.63) is 34.7 Å². The fourth-order valence-electron chi connectivity index (χ4n) is 4.30. The van der Waals surface area contributed by atoms with Gasteiger partial charge >= 0.3 is 0 Å². The highest BCUT2D eigenvalue weighted by atomic mass is 35.5. The van der Waals surface area contributed by atoms with E-state index in [0.29, 0.717) is 16.7 Å². The largest absolute Gasteiger partial charge is 0.253 e. The van der Waals surface area contributed by atoms with Crippen molar-refractivity contribution in [1.29, 1.82) is 0 Å². The van der Waals surface area contributed by atoms with Crippen LogP contribution < -0.4 is 5.43 Å². The van der Waals surface area contributed by atoms with Crippen molar-refractivity contribution in [3.63, 3.8) is 0 Å². The summed E-state index contributed by atoms with van der Waals surface area (Å²) in [5, 5.41) is 8.37. The molecule has 24 heavy (non-hydrogen) atoms. The van der Waals surface area contributed by atoms with Gasteiger partial charge in [-0.05, 0) is 42.2 Å². The van der Waals surface area contributed by atoms with Crippen LogP contribution in [0.5, 0.6) is 0 Å². The quantitative estimate of drug-likeness (QED) is 0.674. The average Bonchev–Trinajstić information content (AvgIpc) is 3.15. The Labute approximate surface area is 152 Å². The van der Waals surface area contributed by atoms with Crippen molar-refractivity contribution >= 4 is 33.8 Å². The van der Waals surface area contributed by atoms with Crippen LogP contribution in [0.3, 0.4) is 0 Å². The molecular formula is C19H22ClN3S. The fraction of sp³-hybridized carbons (Fsp3) is 0.474. The van der Waals surface area contributed by atoms with Crippen LogP contribution in [-0.4, -0.2) is 10.7 Å². The Morgan fingerprint density at radius 3 is 2.62 bits per heavy atom. The van der Waals surface area contributed by atoms with Crippen LogP contribution in [0, 0.1) is 16.7 Å². The Morgan fingerprint density at radius 2 is 2.00 bits per heavy atom. The third-order valence-corrected chi connectivity index (χ3v) is 7.32. The smallest absolute Gasteiger partial charge is 0.203 e. The Morgan fingerprint density at radius 1 is 1.25 bits per heavy atom. The van der Waals surface area contributed by atoms with Gasteiger partial charge in [-0.2, -0.15) is 5.10 Å². The van der Waals surface area contributed by atoms with Crippen LogP contribution in [0.4, 0.5) is 5.13 Å². The van der Waals surface area contributed by atoms with E-state index in [4.69, 9.17) is 16.7 Å². The molecule has 3 nitrogen and oxygen atoms in total. The second-order valence-corrected chi connectivity index (χ2v) is 9.10. The number of nitrogens with one attached hydrogen (secondary N) is 1. The Kier molecular flexibility index (Phi) is 3.73. The molecule has 0 aliphatic heterocycles. The summed E-state index contributed by atoms with van der Waals surface area (Å²) >= 11 is 7.53. The van der Waals surface area contributed by atoms with E-state index in [1.807, 2.05) is 24.3 Å². The fourth-order valence-corrected chi connectivity index (χ4v) is 5.09. The summed E-state index contributed by atoms with van der Waals surface area (Å²) < 4.78 is 0. The van der Waals surface area contributed by atoms with Crippen molar-refractivity contribution in [1.82, 2.24) is 4.98 Å². The Hall–Kier alpha value is -1.39. The van der Waals surface area contributed by atoms with Crippen molar-refractivity contribution in [2.24, 2.45) is 21.8 Å². The van der Waals surface area contributed by atoms with Gasteiger partial charge in [-0.3, -0.25) is 5.43 Å². The average molecular weight is 360 g/mol. The number of anilines is 1. The lowest BCUT2D eigenvalue weighted by Gasteiger charge is -2.33. The molecule has 0 spiro atoms. The van der Waals surface area contributed by atoms with E-state index < -0.39 is 0 Å². The van der Waals surface area contributed by atoms with Gasteiger partial charge in [-0.1, -0.05) is 44.5 Å². The summed E-state index contributed by atoms with van der Waals surface area (Å²) in [6.07, 6.45) is 3.69. The predicted octanol–water partition coefficient (Wildman–Crippen LogP) is 6.08. The third kappa shape index (κ3) is 2.47. The highest BCUT2D eigenvalue weighted by Gasteiger charge is 2.59. The number of thiazole rings is 1. The van der Waals surface area contributed by atoms with Crippen LogP contribution in [-0.2, 0) is 0 Å². The van der Waals surface area contributed by atoms with E-state index in [1.165, 1.54) is 18.6 Å². The number of fused-ring (bicyclic) bond motifs is 2. The minimum Gasteiger partial charge on any atom is -0.253 e. The molecule has 4 rings (SSSR count). The molecule has 2 aromatic rings.